The Hall–Kier alpha value is -2.44. The number of hydrogen-bond acceptors (Lipinski definition) is 5. The lowest BCUT2D eigenvalue weighted by Crippen LogP contribution is -2.46. The minimum atomic E-state index is -0.801. The van der Waals surface area contributed by atoms with E-state index in [0.717, 1.165) is 70.6 Å². The molecular formula is C61H111NO5. The number of allylic oxidation sites excluding steroid dienone is 10. The normalized spacial score (nSPS) is 13.6. The molecule has 0 bridgehead atoms. The average Bonchev–Trinajstić information content (AvgIpc) is 3.32. The molecule has 0 radical (unpaired) electrons. The van der Waals surface area contributed by atoms with Crippen LogP contribution in [0, 0.1) is 0 Å². The second-order valence-electron chi connectivity index (χ2n) is 19.8. The molecule has 6 heteroatoms. The standard InChI is InChI=1S/C61H111NO5/c1-4-7-10-13-16-19-22-25-28-31-34-37-40-43-46-49-52-57(67-61(66)54-51-48-45-42-39-36-33-30-27-24-21-18-15-12-9-6-3)55-60(65)62-58(56-63)59(64)53-50-47-44-41-38-35-32-29-26-23-20-17-14-11-8-5-2/h10,13,16,19,22,25,28,31,34,37,57-59,63-64H,4-9,11-12,14-15,17-18,20-21,23-24,26-27,29-30,32-33,35-36,38-56H2,1-3H3,(H,62,65)/b13-10+,19-16+,25-22+,31-28+,37-34+. The number of unbranched alkanes of at least 4 members (excludes halogenated alkanes) is 34. The van der Waals surface area contributed by atoms with Crippen LogP contribution in [0.4, 0.5) is 0 Å². The van der Waals surface area contributed by atoms with Crippen LogP contribution < -0.4 is 5.32 Å². The predicted molar refractivity (Wildman–Crippen MR) is 292 cm³/mol. The van der Waals surface area contributed by atoms with Gasteiger partial charge in [-0.3, -0.25) is 9.59 Å². The Morgan fingerprint density at radius 3 is 1.21 bits per heavy atom. The van der Waals surface area contributed by atoms with Crippen molar-refractivity contribution in [3.8, 4) is 0 Å². The number of hydrogen-bond donors (Lipinski definition) is 3. The molecule has 390 valence electrons. The predicted octanol–water partition coefficient (Wildman–Crippen LogP) is 18.0. The summed E-state index contributed by atoms with van der Waals surface area (Å²) in [6.07, 6.45) is 68.5. The molecule has 0 heterocycles. The van der Waals surface area contributed by atoms with E-state index in [-0.39, 0.29) is 24.9 Å². The van der Waals surface area contributed by atoms with Gasteiger partial charge in [0.1, 0.15) is 6.10 Å². The fraction of sp³-hybridized carbons (Fsp3) is 0.803. The Labute approximate surface area is 416 Å². The van der Waals surface area contributed by atoms with Crippen LogP contribution in [0.15, 0.2) is 60.8 Å². The highest BCUT2D eigenvalue weighted by molar-refractivity contribution is 5.77. The third-order valence-electron chi connectivity index (χ3n) is 13.2. The summed E-state index contributed by atoms with van der Waals surface area (Å²) in [5.41, 5.74) is 0. The van der Waals surface area contributed by atoms with E-state index in [0.29, 0.717) is 19.3 Å². The van der Waals surface area contributed by atoms with Crippen LogP contribution in [0.5, 0.6) is 0 Å². The Morgan fingerprint density at radius 1 is 0.433 bits per heavy atom. The molecular weight excluding hydrogens is 827 g/mol. The van der Waals surface area contributed by atoms with Crippen LogP contribution in [0.1, 0.15) is 290 Å². The number of carbonyl (C=O) groups excluding carboxylic acids is 2. The summed E-state index contributed by atoms with van der Waals surface area (Å²) >= 11 is 0. The van der Waals surface area contributed by atoms with E-state index in [1.54, 1.807) is 0 Å². The topological polar surface area (TPSA) is 95.9 Å². The van der Waals surface area contributed by atoms with E-state index < -0.39 is 18.2 Å². The molecule has 6 nitrogen and oxygen atoms in total. The molecule has 3 unspecified atom stereocenters. The number of aliphatic hydroxyl groups is 2. The summed E-state index contributed by atoms with van der Waals surface area (Å²) in [5, 5.41) is 23.9. The van der Waals surface area contributed by atoms with Crippen LogP contribution in [0.3, 0.4) is 0 Å². The van der Waals surface area contributed by atoms with Crippen molar-refractivity contribution >= 4 is 11.9 Å². The van der Waals surface area contributed by atoms with Crippen molar-refractivity contribution in [2.75, 3.05) is 6.61 Å². The van der Waals surface area contributed by atoms with Crippen molar-refractivity contribution in [3.05, 3.63) is 60.8 Å². The fourth-order valence-corrected chi connectivity index (χ4v) is 8.82. The van der Waals surface area contributed by atoms with Crippen LogP contribution in [0.25, 0.3) is 0 Å². The molecule has 0 aromatic rings. The van der Waals surface area contributed by atoms with Crippen molar-refractivity contribution < 1.29 is 24.5 Å². The van der Waals surface area contributed by atoms with Crippen LogP contribution in [-0.2, 0) is 14.3 Å². The van der Waals surface area contributed by atoms with E-state index in [4.69, 9.17) is 4.74 Å². The summed E-state index contributed by atoms with van der Waals surface area (Å²) in [7, 11) is 0. The molecule has 0 spiro atoms. The molecule has 0 rings (SSSR count). The lowest BCUT2D eigenvalue weighted by Gasteiger charge is -2.24. The molecule has 0 saturated carbocycles. The highest BCUT2D eigenvalue weighted by Crippen LogP contribution is 2.18. The van der Waals surface area contributed by atoms with Gasteiger partial charge in [-0.05, 0) is 44.9 Å². The number of nitrogens with one attached hydrogen (secondary N) is 1. The van der Waals surface area contributed by atoms with E-state index >= 15 is 0 Å². The largest absolute Gasteiger partial charge is 0.462 e. The molecule has 0 fully saturated rings. The maximum absolute atomic E-state index is 13.3. The second-order valence-corrected chi connectivity index (χ2v) is 19.8. The van der Waals surface area contributed by atoms with E-state index in [9.17, 15) is 19.8 Å². The third kappa shape index (κ3) is 49.8. The maximum atomic E-state index is 13.3. The van der Waals surface area contributed by atoms with Crippen LogP contribution >= 0.6 is 0 Å². The number of esters is 1. The first-order chi connectivity index (χ1) is 33.0. The molecule has 3 N–H and O–H groups in total. The van der Waals surface area contributed by atoms with Gasteiger partial charge in [0, 0.05) is 6.42 Å². The third-order valence-corrected chi connectivity index (χ3v) is 13.2. The Kier molecular flexibility index (Phi) is 52.5. The second kappa shape index (κ2) is 54.5. The summed E-state index contributed by atoms with van der Waals surface area (Å²) < 4.78 is 5.95. The smallest absolute Gasteiger partial charge is 0.306 e. The lowest BCUT2D eigenvalue weighted by molar-refractivity contribution is -0.151. The number of amides is 1. The van der Waals surface area contributed by atoms with Gasteiger partial charge in [-0.15, -0.1) is 0 Å². The molecule has 0 aliphatic carbocycles. The number of ether oxygens (including phenoxy) is 1. The molecule has 0 aliphatic rings. The van der Waals surface area contributed by atoms with Gasteiger partial charge in [0.25, 0.3) is 0 Å². The molecule has 0 aliphatic heterocycles. The van der Waals surface area contributed by atoms with Gasteiger partial charge in [-0.2, -0.15) is 0 Å². The first kappa shape index (κ1) is 64.6. The number of aliphatic hydroxyl groups excluding tert-OH is 2. The van der Waals surface area contributed by atoms with Gasteiger partial charge < -0.3 is 20.3 Å². The van der Waals surface area contributed by atoms with Gasteiger partial charge in [0.2, 0.25) is 5.91 Å². The Morgan fingerprint density at radius 2 is 0.791 bits per heavy atom. The SMILES string of the molecule is CCC/C=C/C=C/C=C/C=C/C=C/CCCCCC(CC(=O)NC(CO)C(O)CCCCCCCCCCCCCCCCCC)OC(=O)CCCCCCCCCCCCCCCCCC. The zero-order valence-corrected chi connectivity index (χ0v) is 44.5. The molecule has 0 aromatic heterocycles. The fourth-order valence-electron chi connectivity index (χ4n) is 8.82. The highest BCUT2D eigenvalue weighted by atomic mass is 16.5. The summed E-state index contributed by atoms with van der Waals surface area (Å²) in [6, 6.07) is -0.717. The van der Waals surface area contributed by atoms with Crippen LogP contribution in [-0.4, -0.2) is 46.9 Å². The minimum Gasteiger partial charge on any atom is -0.462 e. The zero-order chi connectivity index (χ0) is 48.8. The van der Waals surface area contributed by atoms with Gasteiger partial charge in [0.05, 0.1) is 25.2 Å². The highest BCUT2D eigenvalue weighted by Gasteiger charge is 2.24. The molecule has 3 atom stereocenters. The average molecular weight is 939 g/mol. The Balaban J connectivity index is 4.61. The van der Waals surface area contributed by atoms with E-state index in [2.05, 4.69) is 56.5 Å². The monoisotopic (exact) mass is 938 g/mol. The van der Waals surface area contributed by atoms with Crippen molar-refractivity contribution in [2.45, 2.75) is 309 Å². The molecule has 1 amide bonds. The molecule has 0 aromatic carbocycles. The lowest BCUT2D eigenvalue weighted by atomic mass is 10.0. The van der Waals surface area contributed by atoms with Crippen molar-refractivity contribution in [1.82, 2.24) is 5.32 Å². The van der Waals surface area contributed by atoms with Crippen molar-refractivity contribution in [1.29, 1.82) is 0 Å². The molecule has 67 heavy (non-hydrogen) atoms. The van der Waals surface area contributed by atoms with Gasteiger partial charge >= 0.3 is 5.97 Å². The van der Waals surface area contributed by atoms with Crippen molar-refractivity contribution in [2.24, 2.45) is 0 Å². The zero-order valence-electron chi connectivity index (χ0n) is 44.5. The first-order valence-electron chi connectivity index (χ1n) is 29.1. The van der Waals surface area contributed by atoms with Crippen LogP contribution in [0.2, 0.25) is 0 Å². The van der Waals surface area contributed by atoms with E-state index in [1.165, 1.54) is 173 Å². The number of carbonyl (C=O) groups is 2. The van der Waals surface area contributed by atoms with E-state index in [1.807, 2.05) is 30.4 Å². The summed E-state index contributed by atoms with van der Waals surface area (Å²) in [4.78, 5) is 26.3. The maximum Gasteiger partial charge on any atom is 0.306 e. The molecule has 0 saturated heterocycles. The van der Waals surface area contributed by atoms with Gasteiger partial charge in [-0.1, -0.05) is 293 Å². The van der Waals surface area contributed by atoms with Gasteiger partial charge in [-0.25, -0.2) is 0 Å². The van der Waals surface area contributed by atoms with Gasteiger partial charge in [0.15, 0.2) is 0 Å². The Bertz CT molecular complexity index is 1190. The minimum absolute atomic E-state index is 0.0510. The number of rotatable bonds is 52. The first-order valence-corrected chi connectivity index (χ1v) is 29.1. The summed E-state index contributed by atoms with van der Waals surface area (Å²) in [5.74, 6) is -0.505. The summed E-state index contributed by atoms with van der Waals surface area (Å²) in [6.45, 7) is 6.42. The quantitative estimate of drug-likeness (QED) is 0.0321. The van der Waals surface area contributed by atoms with Crippen molar-refractivity contribution in [3.63, 3.8) is 0 Å².